The Morgan fingerprint density at radius 2 is 1.81 bits per heavy atom. The smallest absolute Gasteiger partial charge is 0.170 e. The van der Waals surface area contributed by atoms with Crippen molar-refractivity contribution in [2.75, 3.05) is 13.1 Å². The second kappa shape index (κ2) is 6.12. The largest absolute Gasteiger partial charge is 0.297 e. The Bertz CT molecular complexity index is 623. The van der Waals surface area contributed by atoms with E-state index in [-0.39, 0.29) is 5.78 Å². The van der Waals surface area contributed by atoms with Crippen LogP contribution < -0.4 is 0 Å². The first-order valence-corrected chi connectivity index (χ1v) is 8.47. The number of nitrogens with zero attached hydrogens (tertiary/aromatic N) is 1. The molecule has 0 bridgehead atoms. The lowest BCUT2D eigenvalue weighted by molar-refractivity contribution is 0.102. The molecule has 1 aromatic heterocycles. The van der Waals surface area contributed by atoms with Crippen LogP contribution in [0.5, 0.6) is 0 Å². The van der Waals surface area contributed by atoms with Gasteiger partial charge in [-0.1, -0.05) is 24.3 Å². The zero-order valence-electron chi connectivity index (χ0n) is 12.6. The van der Waals surface area contributed by atoms with E-state index in [4.69, 9.17) is 0 Å². The molecule has 2 nitrogen and oxygen atoms in total. The molecule has 3 rings (SSSR count). The van der Waals surface area contributed by atoms with Crippen LogP contribution in [0.2, 0.25) is 0 Å². The molecule has 1 aliphatic rings. The zero-order valence-corrected chi connectivity index (χ0v) is 13.5. The summed E-state index contributed by atoms with van der Waals surface area (Å²) in [4.78, 5) is 15.1. The van der Waals surface area contributed by atoms with Crippen LogP contribution in [0.25, 0.3) is 11.1 Å². The van der Waals surface area contributed by atoms with Gasteiger partial charge < -0.3 is 0 Å². The number of rotatable bonds is 4. The van der Waals surface area contributed by atoms with E-state index >= 15 is 0 Å². The van der Waals surface area contributed by atoms with Gasteiger partial charge in [0.15, 0.2) is 5.78 Å². The van der Waals surface area contributed by atoms with Crippen LogP contribution in [0.1, 0.15) is 48.0 Å². The van der Waals surface area contributed by atoms with Crippen molar-refractivity contribution in [2.45, 2.75) is 32.7 Å². The van der Waals surface area contributed by atoms with E-state index in [9.17, 15) is 4.79 Å². The van der Waals surface area contributed by atoms with E-state index in [1.54, 1.807) is 6.92 Å². The molecule has 0 saturated carbocycles. The minimum absolute atomic E-state index is 0.148. The zero-order chi connectivity index (χ0) is 14.8. The van der Waals surface area contributed by atoms with Crippen molar-refractivity contribution in [3.63, 3.8) is 0 Å². The molecule has 0 unspecified atom stereocenters. The highest BCUT2D eigenvalue weighted by Crippen LogP contribution is 2.31. The molecule has 1 saturated heterocycles. The third kappa shape index (κ3) is 2.94. The third-order valence-electron chi connectivity index (χ3n) is 4.38. The summed E-state index contributed by atoms with van der Waals surface area (Å²) in [7, 11) is 0. The minimum Gasteiger partial charge on any atom is -0.297 e. The Labute approximate surface area is 130 Å². The maximum absolute atomic E-state index is 11.7. The normalized spacial score (nSPS) is 17.0. The highest BCUT2D eigenvalue weighted by Gasteiger charge is 2.19. The standard InChI is InChI=1S/C18H21NOS/c1-13(19-10-3-4-11-19)15-5-7-16(8-6-15)17-9-12-21-18(17)14(2)20/h5-9,12-13H,3-4,10-11H2,1-2H3/t13-/m1/s1. The summed E-state index contributed by atoms with van der Waals surface area (Å²) in [5.74, 6) is 0.148. The molecule has 0 aliphatic carbocycles. The van der Waals surface area contributed by atoms with Gasteiger partial charge in [0.1, 0.15) is 0 Å². The molecule has 1 fully saturated rings. The molecular weight excluding hydrogens is 278 g/mol. The highest BCUT2D eigenvalue weighted by molar-refractivity contribution is 7.12. The van der Waals surface area contributed by atoms with Crippen LogP contribution in [-0.4, -0.2) is 23.8 Å². The van der Waals surface area contributed by atoms with Crippen molar-refractivity contribution in [3.05, 3.63) is 46.2 Å². The number of carbonyl (C=O) groups excluding carboxylic acids is 1. The molecular formula is C18H21NOS. The first-order valence-electron chi connectivity index (χ1n) is 7.59. The van der Waals surface area contributed by atoms with E-state index in [0.717, 1.165) is 16.0 Å². The molecule has 2 heterocycles. The quantitative estimate of drug-likeness (QED) is 0.758. The predicted octanol–water partition coefficient (Wildman–Crippen LogP) is 4.77. The fraction of sp³-hybridized carbons (Fsp3) is 0.389. The fourth-order valence-corrected chi connectivity index (χ4v) is 3.91. The number of hydrogen-bond donors (Lipinski definition) is 0. The van der Waals surface area contributed by atoms with Crippen LogP contribution in [0.4, 0.5) is 0 Å². The number of thiophene rings is 1. The van der Waals surface area contributed by atoms with Crippen LogP contribution in [-0.2, 0) is 0 Å². The molecule has 3 heteroatoms. The third-order valence-corrected chi connectivity index (χ3v) is 5.39. The number of benzene rings is 1. The SMILES string of the molecule is CC(=O)c1sccc1-c1ccc([C@@H](C)N2CCCC2)cc1. The van der Waals surface area contributed by atoms with Gasteiger partial charge in [0, 0.05) is 11.6 Å². The number of Topliss-reactive ketones (excluding diaryl/α,β-unsaturated/α-hetero) is 1. The molecule has 21 heavy (non-hydrogen) atoms. The summed E-state index contributed by atoms with van der Waals surface area (Å²) < 4.78 is 0. The van der Waals surface area contributed by atoms with Crippen molar-refractivity contribution >= 4 is 17.1 Å². The Hall–Kier alpha value is -1.45. The first kappa shape index (κ1) is 14.5. The number of hydrogen-bond acceptors (Lipinski definition) is 3. The number of ketones is 1. The summed E-state index contributed by atoms with van der Waals surface area (Å²) in [6.07, 6.45) is 2.64. The van der Waals surface area contributed by atoms with E-state index in [2.05, 4.69) is 36.1 Å². The highest BCUT2D eigenvalue weighted by atomic mass is 32.1. The maximum Gasteiger partial charge on any atom is 0.170 e. The monoisotopic (exact) mass is 299 g/mol. The molecule has 0 radical (unpaired) electrons. The summed E-state index contributed by atoms with van der Waals surface area (Å²) in [6, 6.07) is 11.2. The molecule has 1 aromatic carbocycles. The second-order valence-corrected chi connectivity index (χ2v) is 6.68. The predicted molar refractivity (Wildman–Crippen MR) is 89.0 cm³/mol. The van der Waals surface area contributed by atoms with Gasteiger partial charge in [0.2, 0.25) is 0 Å². The molecule has 1 aliphatic heterocycles. The van der Waals surface area contributed by atoms with Gasteiger partial charge in [-0.3, -0.25) is 9.69 Å². The minimum atomic E-state index is 0.148. The van der Waals surface area contributed by atoms with Gasteiger partial charge in [-0.2, -0.15) is 0 Å². The molecule has 0 amide bonds. The first-order chi connectivity index (χ1) is 10.2. The van der Waals surface area contributed by atoms with Crippen LogP contribution in [0.3, 0.4) is 0 Å². The van der Waals surface area contributed by atoms with Crippen molar-refractivity contribution in [2.24, 2.45) is 0 Å². The Kier molecular flexibility index (Phi) is 4.22. The van der Waals surface area contributed by atoms with E-state index in [1.807, 2.05) is 11.4 Å². The number of likely N-dealkylation sites (tertiary alicyclic amines) is 1. The molecule has 1 atom stereocenters. The van der Waals surface area contributed by atoms with E-state index < -0.39 is 0 Å². The van der Waals surface area contributed by atoms with Gasteiger partial charge >= 0.3 is 0 Å². The molecule has 0 spiro atoms. The van der Waals surface area contributed by atoms with Crippen LogP contribution >= 0.6 is 11.3 Å². The Morgan fingerprint density at radius 1 is 1.14 bits per heavy atom. The Balaban J connectivity index is 1.83. The second-order valence-electron chi connectivity index (χ2n) is 5.76. The van der Waals surface area contributed by atoms with Gasteiger partial charge in [-0.15, -0.1) is 11.3 Å². The maximum atomic E-state index is 11.7. The molecule has 110 valence electrons. The summed E-state index contributed by atoms with van der Waals surface area (Å²) >= 11 is 1.53. The van der Waals surface area contributed by atoms with Crippen molar-refractivity contribution < 1.29 is 4.79 Å². The topological polar surface area (TPSA) is 20.3 Å². The lowest BCUT2D eigenvalue weighted by atomic mass is 10.0. The summed E-state index contributed by atoms with van der Waals surface area (Å²) in [5, 5.41) is 1.99. The van der Waals surface area contributed by atoms with Gasteiger partial charge in [-0.25, -0.2) is 0 Å². The van der Waals surface area contributed by atoms with Crippen LogP contribution in [0.15, 0.2) is 35.7 Å². The lowest BCUT2D eigenvalue weighted by Gasteiger charge is -2.24. The summed E-state index contributed by atoms with van der Waals surface area (Å²) in [6.45, 7) is 6.34. The average molecular weight is 299 g/mol. The van der Waals surface area contributed by atoms with E-state index in [1.165, 1.54) is 42.8 Å². The fourth-order valence-electron chi connectivity index (χ4n) is 3.09. The lowest BCUT2D eigenvalue weighted by Crippen LogP contribution is -2.23. The van der Waals surface area contributed by atoms with Gasteiger partial charge in [0.25, 0.3) is 0 Å². The Morgan fingerprint density at radius 3 is 2.43 bits per heavy atom. The summed E-state index contributed by atoms with van der Waals surface area (Å²) in [5.41, 5.74) is 3.56. The van der Waals surface area contributed by atoms with Crippen LogP contribution in [0, 0.1) is 0 Å². The molecule has 0 N–H and O–H groups in total. The van der Waals surface area contributed by atoms with Gasteiger partial charge in [0.05, 0.1) is 4.88 Å². The van der Waals surface area contributed by atoms with E-state index in [0.29, 0.717) is 6.04 Å². The number of carbonyl (C=O) groups is 1. The van der Waals surface area contributed by atoms with Crippen molar-refractivity contribution in [1.29, 1.82) is 0 Å². The molecule has 2 aromatic rings. The van der Waals surface area contributed by atoms with Gasteiger partial charge in [-0.05, 0) is 62.4 Å². The average Bonchev–Trinajstić information content (AvgIpc) is 3.18. The van der Waals surface area contributed by atoms with Crippen molar-refractivity contribution in [3.8, 4) is 11.1 Å². The van der Waals surface area contributed by atoms with Crippen molar-refractivity contribution in [1.82, 2.24) is 4.90 Å².